The van der Waals surface area contributed by atoms with Gasteiger partial charge in [-0.15, -0.1) is 0 Å². The van der Waals surface area contributed by atoms with Crippen LogP contribution in [0.1, 0.15) is 25.0 Å². The van der Waals surface area contributed by atoms with Crippen molar-refractivity contribution in [2.75, 3.05) is 5.32 Å². The van der Waals surface area contributed by atoms with Crippen LogP contribution in [0.5, 0.6) is 5.75 Å². The zero-order valence-electron chi connectivity index (χ0n) is 14.9. The van der Waals surface area contributed by atoms with E-state index in [1.165, 1.54) is 13.8 Å². The van der Waals surface area contributed by atoms with E-state index in [1.807, 2.05) is 31.2 Å². The number of hydrogen-bond acceptors (Lipinski definition) is 5. The third-order valence-corrected chi connectivity index (χ3v) is 3.58. The SMILES string of the molecule is Cc1cccc(NC(=O)[C@H](C)OC(=O)[C@@H](C)Oc2ccc(C#N)cc2)c1. The molecular weight excluding hydrogens is 332 g/mol. The van der Waals surface area contributed by atoms with E-state index in [4.69, 9.17) is 14.7 Å². The van der Waals surface area contributed by atoms with Gasteiger partial charge in [-0.25, -0.2) is 4.79 Å². The van der Waals surface area contributed by atoms with E-state index in [1.54, 1.807) is 30.3 Å². The third-order valence-electron chi connectivity index (χ3n) is 3.58. The Morgan fingerprint density at radius 3 is 2.38 bits per heavy atom. The molecule has 1 amide bonds. The second kappa shape index (κ2) is 8.67. The van der Waals surface area contributed by atoms with E-state index >= 15 is 0 Å². The fourth-order valence-electron chi connectivity index (χ4n) is 2.15. The molecule has 2 rings (SSSR count). The van der Waals surface area contributed by atoms with Gasteiger partial charge in [-0.05, 0) is 62.7 Å². The van der Waals surface area contributed by atoms with E-state index in [-0.39, 0.29) is 0 Å². The number of ether oxygens (including phenoxy) is 2. The Morgan fingerprint density at radius 2 is 1.77 bits per heavy atom. The maximum atomic E-state index is 12.2. The van der Waals surface area contributed by atoms with E-state index in [9.17, 15) is 9.59 Å². The molecule has 1 N–H and O–H groups in total. The molecule has 0 aliphatic carbocycles. The van der Waals surface area contributed by atoms with Gasteiger partial charge >= 0.3 is 5.97 Å². The van der Waals surface area contributed by atoms with Crippen LogP contribution in [0.4, 0.5) is 5.69 Å². The van der Waals surface area contributed by atoms with E-state index < -0.39 is 24.1 Å². The van der Waals surface area contributed by atoms with Crippen LogP contribution in [-0.4, -0.2) is 24.1 Å². The van der Waals surface area contributed by atoms with Gasteiger partial charge in [0.1, 0.15) is 5.75 Å². The van der Waals surface area contributed by atoms with Crippen molar-refractivity contribution in [3.8, 4) is 11.8 Å². The lowest BCUT2D eigenvalue weighted by molar-refractivity contribution is -0.159. The Hall–Kier alpha value is -3.33. The molecule has 0 aliphatic heterocycles. The summed E-state index contributed by atoms with van der Waals surface area (Å²) in [5, 5.41) is 11.5. The van der Waals surface area contributed by atoms with E-state index in [0.29, 0.717) is 17.0 Å². The average molecular weight is 352 g/mol. The molecule has 0 aliphatic rings. The highest BCUT2D eigenvalue weighted by atomic mass is 16.6. The summed E-state index contributed by atoms with van der Waals surface area (Å²) in [7, 11) is 0. The standard InChI is InChI=1S/C20H20N2O4/c1-13-5-4-6-17(11-13)22-19(23)14(2)26-20(24)15(3)25-18-9-7-16(12-21)8-10-18/h4-11,14-15H,1-3H3,(H,22,23)/t14-,15+/m0/s1. The number of benzene rings is 2. The zero-order chi connectivity index (χ0) is 19.1. The van der Waals surface area contributed by atoms with Gasteiger partial charge in [0.05, 0.1) is 11.6 Å². The Balaban J connectivity index is 1.88. The predicted molar refractivity (Wildman–Crippen MR) is 96.6 cm³/mol. The van der Waals surface area contributed by atoms with Gasteiger partial charge in [0.2, 0.25) is 0 Å². The predicted octanol–water partition coefficient (Wildman–Crippen LogP) is 3.20. The lowest BCUT2D eigenvalue weighted by Crippen LogP contribution is -2.35. The van der Waals surface area contributed by atoms with Gasteiger partial charge in [-0.1, -0.05) is 12.1 Å². The van der Waals surface area contributed by atoms with Crippen molar-refractivity contribution in [2.24, 2.45) is 0 Å². The molecule has 0 saturated carbocycles. The van der Waals surface area contributed by atoms with E-state index in [0.717, 1.165) is 5.56 Å². The number of carbonyl (C=O) groups excluding carboxylic acids is 2. The number of nitrogens with one attached hydrogen (secondary N) is 1. The van der Waals surface area contributed by atoms with Crippen molar-refractivity contribution in [3.63, 3.8) is 0 Å². The summed E-state index contributed by atoms with van der Waals surface area (Å²) >= 11 is 0. The normalized spacial score (nSPS) is 12.4. The number of nitriles is 1. The molecule has 0 aromatic heterocycles. The largest absolute Gasteiger partial charge is 0.479 e. The van der Waals surface area contributed by atoms with Crippen LogP contribution in [0.3, 0.4) is 0 Å². The van der Waals surface area contributed by atoms with Gasteiger partial charge in [0.25, 0.3) is 5.91 Å². The minimum Gasteiger partial charge on any atom is -0.479 e. The average Bonchev–Trinajstić information content (AvgIpc) is 2.62. The second-order valence-corrected chi connectivity index (χ2v) is 5.83. The van der Waals surface area contributed by atoms with Crippen molar-refractivity contribution in [3.05, 3.63) is 59.7 Å². The van der Waals surface area contributed by atoms with Gasteiger partial charge in [0.15, 0.2) is 12.2 Å². The van der Waals surface area contributed by atoms with Crippen LogP contribution in [0.15, 0.2) is 48.5 Å². The molecule has 2 aromatic carbocycles. The van der Waals surface area contributed by atoms with Crippen LogP contribution < -0.4 is 10.1 Å². The van der Waals surface area contributed by atoms with Crippen molar-refractivity contribution in [1.82, 2.24) is 0 Å². The Morgan fingerprint density at radius 1 is 1.08 bits per heavy atom. The molecule has 0 saturated heterocycles. The van der Waals surface area contributed by atoms with Crippen LogP contribution in [0.25, 0.3) is 0 Å². The highest BCUT2D eigenvalue weighted by Gasteiger charge is 2.23. The highest BCUT2D eigenvalue weighted by molar-refractivity contribution is 5.95. The van der Waals surface area contributed by atoms with Crippen LogP contribution in [-0.2, 0) is 14.3 Å². The highest BCUT2D eigenvalue weighted by Crippen LogP contribution is 2.15. The minimum atomic E-state index is -0.963. The first-order chi connectivity index (χ1) is 12.4. The molecule has 134 valence electrons. The lowest BCUT2D eigenvalue weighted by atomic mass is 10.2. The summed E-state index contributed by atoms with van der Waals surface area (Å²) in [5.74, 6) is -0.638. The number of amides is 1. The monoisotopic (exact) mass is 352 g/mol. The third kappa shape index (κ3) is 5.35. The summed E-state index contributed by atoms with van der Waals surface area (Å²) < 4.78 is 10.6. The first-order valence-corrected chi connectivity index (χ1v) is 8.14. The summed E-state index contributed by atoms with van der Waals surface area (Å²) in [6.07, 6.45) is -1.85. The number of carbonyl (C=O) groups is 2. The number of aryl methyl sites for hydroxylation is 1. The number of anilines is 1. The van der Waals surface area contributed by atoms with Crippen molar-refractivity contribution in [2.45, 2.75) is 33.0 Å². The van der Waals surface area contributed by atoms with Crippen molar-refractivity contribution < 1.29 is 19.1 Å². The summed E-state index contributed by atoms with van der Waals surface area (Å²) in [6.45, 7) is 4.95. The number of nitrogens with zero attached hydrogens (tertiary/aromatic N) is 1. The molecule has 0 fully saturated rings. The molecule has 2 atom stereocenters. The number of rotatable bonds is 6. The van der Waals surface area contributed by atoms with Gasteiger partial charge in [0, 0.05) is 5.69 Å². The molecule has 6 nitrogen and oxygen atoms in total. The first-order valence-electron chi connectivity index (χ1n) is 8.14. The maximum Gasteiger partial charge on any atom is 0.347 e. The summed E-state index contributed by atoms with van der Waals surface area (Å²) in [6, 6.07) is 15.7. The molecule has 0 bridgehead atoms. The molecule has 2 aromatic rings. The zero-order valence-corrected chi connectivity index (χ0v) is 14.9. The Labute approximate surface area is 152 Å². The molecule has 0 radical (unpaired) electrons. The van der Waals surface area contributed by atoms with Crippen molar-refractivity contribution >= 4 is 17.6 Å². The second-order valence-electron chi connectivity index (χ2n) is 5.83. The first kappa shape index (κ1) is 19.0. The lowest BCUT2D eigenvalue weighted by Gasteiger charge is -2.18. The van der Waals surface area contributed by atoms with Crippen molar-refractivity contribution in [1.29, 1.82) is 5.26 Å². The quantitative estimate of drug-likeness (QED) is 0.807. The number of esters is 1. The molecule has 26 heavy (non-hydrogen) atoms. The molecule has 0 heterocycles. The molecular formula is C20H20N2O4. The summed E-state index contributed by atoms with van der Waals surface area (Å²) in [4.78, 5) is 24.3. The van der Waals surface area contributed by atoms with Crippen LogP contribution in [0.2, 0.25) is 0 Å². The molecule has 0 spiro atoms. The topological polar surface area (TPSA) is 88.4 Å². The Kier molecular flexibility index (Phi) is 6.34. The van der Waals surface area contributed by atoms with Gasteiger partial charge < -0.3 is 14.8 Å². The molecule has 6 heteroatoms. The maximum absolute atomic E-state index is 12.2. The Bertz CT molecular complexity index is 824. The minimum absolute atomic E-state index is 0.422. The van der Waals surface area contributed by atoms with E-state index in [2.05, 4.69) is 5.32 Å². The molecule has 0 unspecified atom stereocenters. The fraction of sp³-hybridized carbons (Fsp3) is 0.250. The van der Waals surface area contributed by atoms with Crippen LogP contribution in [0, 0.1) is 18.3 Å². The fourth-order valence-corrected chi connectivity index (χ4v) is 2.15. The smallest absolute Gasteiger partial charge is 0.347 e. The summed E-state index contributed by atoms with van der Waals surface area (Å²) in [5.41, 5.74) is 2.14. The van der Waals surface area contributed by atoms with Gasteiger partial charge in [-0.3, -0.25) is 4.79 Å². The van der Waals surface area contributed by atoms with Crippen LogP contribution >= 0.6 is 0 Å². The number of hydrogen-bond donors (Lipinski definition) is 1. The van der Waals surface area contributed by atoms with Gasteiger partial charge in [-0.2, -0.15) is 5.26 Å².